The van der Waals surface area contributed by atoms with Crippen molar-refractivity contribution in [3.05, 3.63) is 0 Å². The molecule has 0 aromatic carbocycles. The number of nitrogens with one attached hydrogen (secondary N) is 1. The van der Waals surface area contributed by atoms with Crippen LogP contribution in [0.1, 0.15) is 32.6 Å². The highest BCUT2D eigenvalue weighted by molar-refractivity contribution is 5.79. The summed E-state index contributed by atoms with van der Waals surface area (Å²) in [5.74, 6) is -0.345. The molecule has 13 heavy (non-hydrogen) atoms. The fourth-order valence-corrected chi connectivity index (χ4v) is 1.66. The van der Waals surface area contributed by atoms with Crippen molar-refractivity contribution in [2.24, 2.45) is 5.73 Å². The number of rotatable bonds is 3. The number of hydrogen-bond donors (Lipinski definition) is 2. The molecule has 1 unspecified atom stereocenters. The van der Waals surface area contributed by atoms with E-state index in [1.165, 1.54) is 0 Å². The van der Waals surface area contributed by atoms with Crippen molar-refractivity contribution in [3.63, 3.8) is 0 Å². The molecule has 0 aromatic rings. The number of alkyl halides is 1. The molecule has 1 fully saturated rings. The zero-order chi connectivity index (χ0) is 9.84. The van der Waals surface area contributed by atoms with Gasteiger partial charge in [0.1, 0.15) is 6.17 Å². The molecule has 3 N–H and O–H groups in total. The van der Waals surface area contributed by atoms with Gasteiger partial charge in [-0.05, 0) is 32.6 Å². The lowest BCUT2D eigenvalue weighted by Gasteiger charge is -2.27. The van der Waals surface area contributed by atoms with Gasteiger partial charge in [-0.2, -0.15) is 0 Å². The average Bonchev–Trinajstić information content (AvgIpc) is 2.08. The van der Waals surface area contributed by atoms with Crippen molar-refractivity contribution in [1.29, 1.82) is 0 Å². The van der Waals surface area contributed by atoms with Gasteiger partial charge in [-0.1, -0.05) is 0 Å². The maximum atomic E-state index is 12.7. The molecule has 0 aliphatic heterocycles. The number of nitrogens with two attached hydrogens (primary N) is 1. The first-order valence-electron chi connectivity index (χ1n) is 4.79. The van der Waals surface area contributed by atoms with Crippen LogP contribution in [0.3, 0.4) is 0 Å². The van der Waals surface area contributed by atoms with Crippen molar-refractivity contribution < 1.29 is 9.18 Å². The Morgan fingerprint density at radius 1 is 1.46 bits per heavy atom. The zero-order valence-electron chi connectivity index (χ0n) is 7.92. The topological polar surface area (TPSA) is 55.1 Å². The standard InChI is InChI=1S/C9H17FN2O/c1-6(9(11)13)12-8-4-2-7(10)3-5-8/h6-8,12H,2-5H2,1H3,(H2,11,13). The molecule has 4 heteroatoms. The van der Waals surface area contributed by atoms with Gasteiger partial charge in [0, 0.05) is 6.04 Å². The number of carbonyl (C=O) groups excluding carboxylic acids is 1. The number of amides is 1. The van der Waals surface area contributed by atoms with Crippen LogP contribution in [0.15, 0.2) is 0 Å². The Kier molecular flexibility index (Phi) is 3.66. The van der Waals surface area contributed by atoms with Crippen LogP contribution in [0.2, 0.25) is 0 Å². The van der Waals surface area contributed by atoms with E-state index in [2.05, 4.69) is 5.32 Å². The molecule has 1 atom stereocenters. The van der Waals surface area contributed by atoms with Crippen molar-refractivity contribution in [2.45, 2.75) is 50.9 Å². The quantitative estimate of drug-likeness (QED) is 0.686. The van der Waals surface area contributed by atoms with E-state index in [1.807, 2.05) is 0 Å². The molecule has 0 heterocycles. The lowest BCUT2D eigenvalue weighted by atomic mass is 9.93. The van der Waals surface area contributed by atoms with E-state index in [4.69, 9.17) is 5.73 Å². The molecule has 0 saturated heterocycles. The highest BCUT2D eigenvalue weighted by Gasteiger charge is 2.22. The number of hydrogen-bond acceptors (Lipinski definition) is 2. The third-order valence-electron chi connectivity index (χ3n) is 2.57. The molecule has 0 radical (unpaired) electrons. The van der Waals surface area contributed by atoms with Gasteiger partial charge in [0.25, 0.3) is 0 Å². The fourth-order valence-electron chi connectivity index (χ4n) is 1.66. The predicted molar refractivity (Wildman–Crippen MR) is 48.9 cm³/mol. The summed E-state index contributed by atoms with van der Waals surface area (Å²) >= 11 is 0. The Morgan fingerprint density at radius 2 is 2.00 bits per heavy atom. The Morgan fingerprint density at radius 3 is 2.46 bits per heavy atom. The van der Waals surface area contributed by atoms with Gasteiger partial charge >= 0.3 is 0 Å². The van der Waals surface area contributed by atoms with E-state index >= 15 is 0 Å². The van der Waals surface area contributed by atoms with Crippen LogP contribution in [0.4, 0.5) is 4.39 Å². The van der Waals surface area contributed by atoms with Crippen molar-refractivity contribution in [3.8, 4) is 0 Å². The van der Waals surface area contributed by atoms with E-state index in [0.717, 1.165) is 12.8 Å². The van der Waals surface area contributed by atoms with Gasteiger partial charge in [-0.3, -0.25) is 4.79 Å². The normalized spacial score (nSPS) is 31.2. The lowest BCUT2D eigenvalue weighted by molar-refractivity contribution is -0.119. The van der Waals surface area contributed by atoms with E-state index in [-0.39, 0.29) is 18.0 Å². The predicted octanol–water partition coefficient (Wildman–Crippen LogP) is 0.730. The van der Waals surface area contributed by atoms with E-state index in [0.29, 0.717) is 12.8 Å². The van der Waals surface area contributed by atoms with E-state index in [1.54, 1.807) is 6.92 Å². The van der Waals surface area contributed by atoms with Gasteiger partial charge in [0.05, 0.1) is 6.04 Å². The Bertz CT molecular complexity index is 178. The summed E-state index contributed by atoms with van der Waals surface area (Å²) in [6, 6.07) is -0.0457. The summed E-state index contributed by atoms with van der Waals surface area (Å²) in [5.41, 5.74) is 5.10. The molecular formula is C9H17FN2O. The highest BCUT2D eigenvalue weighted by atomic mass is 19.1. The van der Waals surface area contributed by atoms with Crippen LogP contribution in [-0.2, 0) is 4.79 Å². The summed E-state index contributed by atoms with van der Waals surface area (Å²) in [7, 11) is 0. The zero-order valence-corrected chi connectivity index (χ0v) is 7.92. The second-order valence-electron chi connectivity index (χ2n) is 3.74. The minimum absolute atomic E-state index is 0.259. The molecular weight excluding hydrogens is 171 g/mol. The number of primary amides is 1. The molecule has 0 spiro atoms. The van der Waals surface area contributed by atoms with Crippen molar-refractivity contribution >= 4 is 5.91 Å². The maximum Gasteiger partial charge on any atom is 0.234 e. The van der Waals surface area contributed by atoms with Crippen LogP contribution in [0.5, 0.6) is 0 Å². The molecule has 3 nitrogen and oxygen atoms in total. The summed E-state index contributed by atoms with van der Waals surface area (Å²) in [4.78, 5) is 10.7. The van der Waals surface area contributed by atoms with Crippen LogP contribution in [0.25, 0.3) is 0 Å². The smallest absolute Gasteiger partial charge is 0.234 e. The maximum absolute atomic E-state index is 12.7. The first-order valence-corrected chi connectivity index (χ1v) is 4.79. The molecule has 1 rings (SSSR count). The summed E-state index contributed by atoms with van der Waals surface area (Å²) in [5, 5.41) is 3.10. The van der Waals surface area contributed by atoms with Crippen molar-refractivity contribution in [2.75, 3.05) is 0 Å². The number of halogens is 1. The summed E-state index contributed by atoms with van der Waals surface area (Å²) < 4.78 is 12.7. The van der Waals surface area contributed by atoms with E-state index < -0.39 is 6.17 Å². The third kappa shape index (κ3) is 3.30. The van der Waals surface area contributed by atoms with Gasteiger partial charge in [0.15, 0.2) is 0 Å². The molecule has 76 valence electrons. The van der Waals surface area contributed by atoms with Crippen LogP contribution in [0, 0.1) is 0 Å². The second-order valence-corrected chi connectivity index (χ2v) is 3.74. The molecule has 1 aliphatic rings. The van der Waals surface area contributed by atoms with Gasteiger partial charge in [-0.25, -0.2) is 4.39 Å². The molecule has 0 aromatic heterocycles. The third-order valence-corrected chi connectivity index (χ3v) is 2.57. The highest BCUT2D eigenvalue weighted by Crippen LogP contribution is 2.21. The Labute approximate surface area is 77.9 Å². The summed E-state index contributed by atoms with van der Waals surface area (Å²) in [6.07, 6.45) is 2.16. The lowest BCUT2D eigenvalue weighted by Crippen LogP contribution is -2.45. The first kappa shape index (κ1) is 10.4. The Balaban J connectivity index is 2.26. The van der Waals surface area contributed by atoms with Gasteiger partial charge < -0.3 is 11.1 Å². The molecule has 1 aliphatic carbocycles. The van der Waals surface area contributed by atoms with Crippen LogP contribution in [-0.4, -0.2) is 24.2 Å². The second kappa shape index (κ2) is 4.56. The number of carbonyl (C=O) groups is 1. The molecule has 1 amide bonds. The molecule has 1 saturated carbocycles. The van der Waals surface area contributed by atoms with Gasteiger partial charge in [0.2, 0.25) is 5.91 Å². The van der Waals surface area contributed by atoms with Crippen LogP contribution < -0.4 is 11.1 Å². The van der Waals surface area contributed by atoms with Gasteiger partial charge in [-0.15, -0.1) is 0 Å². The molecule has 0 bridgehead atoms. The monoisotopic (exact) mass is 188 g/mol. The first-order chi connectivity index (χ1) is 6.09. The largest absolute Gasteiger partial charge is 0.368 e. The average molecular weight is 188 g/mol. The summed E-state index contributed by atoms with van der Waals surface area (Å²) in [6.45, 7) is 1.74. The minimum atomic E-state index is -0.651. The van der Waals surface area contributed by atoms with E-state index in [9.17, 15) is 9.18 Å². The minimum Gasteiger partial charge on any atom is -0.368 e. The SMILES string of the molecule is CC(NC1CCC(F)CC1)C(N)=O. The van der Waals surface area contributed by atoms with Crippen LogP contribution >= 0.6 is 0 Å². The Hall–Kier alpha value is -0.640. The fraction of sp³-hybridized carbons (Fsp3) is 0.889. The van der Waals surface area contributed by atoms with Crippen molar-refractivity contribution in [1.82, 2.24) is 5.32 Å².